The molecule has 1 saturated heterocycles. The molecule has 2 heterocycles. The van der Waals surface area contributed by atoms with Crippen LogP contribution >= 0.6 is 11.6 Å². The second-order valence-corrected chi connectivity index (χ2v) is 6.16. The van der Waals surface area contributed by atoms with Crippen molar-refractivity contribution in [1.29, 1.82) is 0 Å². The fourth-order valence-corrected chi connectivity index (χ4v) is 3.03. The molecule has 0 atom stereocenters. The van der Waals surface area contributed by atoms with Crippen LogP contribution in [0, 0.1) is 0 Å². The standard InChI is InChI=1S/C18H21ClN4O2/c1-20-18(21-13-14-5-2-3-6-15(14)19)23-10-8-22(9-11-23)17(24)16-7-4-12-25-16/h2-7,12H,8-11,13H2,1H3,(H,20,21). The number of rotatable bonds is 3. The predicted octanol–water partition coefficient (Wildman–Crippen LogP) is 2.47. The van der Waals surface area contributed by atoms with Crippen molar-refractivity contribution in [2.45, 2.75) is 6.54 Å². The number of hydrogen-bond acceptors (Lipinski definition) is 3. The molecule has 132 valence electrons. The van der Waals surface area contributed by atoms with Gasteiger partial charge >= 0.3 is 0 Å². The monoisotopic (exact) mass is 360 g/mol. The number of piperazine rings is 1. The number of halogens is 1. The minimum absolute atomic E-state index is 0.0661. The van der Waals surface area contributed by atoms with Crippen molar-refractivity contribution in [3.05, 3.63) is 59.0 Å². The van der Waals surface area contributed by atoms with Gasteiger partial charge in [-0.25, -0.2) is 0 Å². The zero-order chi connectivity index (χ0) is 17.6. The molecule has 1 aliphatic heterocycles. The van der Waals surface area contributed by atoms with Crippen molar-refractivity contribution in [3.8, 4) is 0 Å². The predicted molar refractivity (Wildman–Crippen MR) is 97.8 cm³/mol. The lowest BCUT2D eigenvalue weighted by Gasteiger charge is -2.36. The molecule has 0 aliphatic carbocycles. The van der Waals surface area contributed by atoms with E-state index in [2.05, 4.69) is 15.2 Å². The smallest absolute Gasteiger partial charge is 0.289 e. The lowest BCUT2D eigenvalue weighted by molar-refractivity contribution is 0.0657. The van der Waals surface area contributed by atoms with Gasteiger partial charge in [-0.3, -0.25) is 9.79 Å². The number of hydrogen-bond donors (Lipinski definition) is 1. The van der Waals surface area contributed by atoms with Crippen LogP contribution in [0.4, 0.5) is 0 Å². The van der Waals surface area contributed by atoms with Gasteiger partial charge in [-0.1, -0.05) is 29.8 Å². The molecule has 1 amide bonds. The number of furan rings is 1. The van der Waals surface area contributed by atoms with Crippen molar-refractivity contribution in [3.63, 3.8) is 0 Å². The van der Waals surface area contributed by atoms with Gasteiger partial charge < -0.3 is 19.5 Å². The molecule has 1 aliphatic rings. The molecule has 0 radical (unpaired) electrons. The van der Waals surface area contributed by atoms with Crippen LogP contribution in [0.15, 0.2) is 52.1 Å². The van der Waals surface area contributed by atoms with Crippen LogP contribution in [-0.2, 0) is 6.54 Å². The Morgan fingerprint density at radius 3 is 2.52 bits per heavy atom. The van der Waals surface area contributed by atoms with Gasteiger partial charge in [0.25, 0.3) is 5.91 Å². The highest BCUT2D eigenvalue weighted by Gasteiger charge is 2.25. The number of aliphatic imine (C=N–C) groups is 1. The third-order valence-corrected chi connectivity index (χ3v) is 4.57. The average molecular weight is 361 g/mol. The molecule has 2 aromatic rings. The van der Waals surface area contributed by atoms with Crippen molar-refractivity contribution in [1.82, 2.24) is 15.1 Å². The summed E-state index contributed by atoms with van der Waals surface area (Å²) >= 11 is 6.19. The number of nitrogens with one attached hydrogen (secondary N) is 1. The maximum atomic E-state index is 12.3. The second-order valence-electron chi connectivity index (χ2n) is 5.75. The summed E-state index contributed by atoms with van der Waals surface area (Å²) in [5.41, 5.74) is 1.02. The first kappa shape index (κ1) is 17.4. The molecule has 1 fully saturated rings. The van der Waals surface area contributed by atoms with E-state index in [0.29, 0.717) is 38.5 Å². The van der Waals surface area contributed by atoms with Crippen LogP contribution in [0.25, 0.3) is 0 Å². The lowest BCUT2D eigenvalue weighted by Crippen LogP contribution is -2.53. The van der Waals surface area contributed by atoms with E-state index in [-0.39, 0.29) is 5.91 Å². The van der Waals surface area contributed by atoms with Crippen LogP contribution < -0.4 is 5.32 Å². The van der Waals surface area contributed by atoms with Gasteiger partial charge in [-0.2, -0.15) is 0 Å². The van der Waals surface area contributed by atoms with Crippen LogP contribution in [0.2, 0.25) is 5.02 Å². The summed E-state index contributed by atoms with van der Waals surface area (Å²) < 4.78 is 5.19. The maximum absolute atomic E-state index is 12.3. The molecule has 1 aromatic carbocycles. The zero-order valence-electron chi connectivity index (χ0n) is 14.1. The third-order valence-electron chi connectivity index (χ3n) is 4.20. The molecule has 1 aromatic heterocycles. The Balaban J connectivity index is 1.54. The summed E-state index contributed by atoms with van der Waals surface area (Å²) in [6.07, 6.45) is 1.52. The molecule has 0 bridgehead atoms. The van der Waals surface area contributed by atoms with E-state index in [1.807, 2.05) is 24.3 Å². The number of carbonyl (C=O) groups is 1. The van der Waals surface area contributed by atoms with E-state index in [1.165, 1.54) is 6.26 Å². The molecule has 25 heavy (non-hydrogen) atoms. The number of benzene rings is 1. The molecule has 0 spiro atoms. The Bertz CT molecular complexity index is 737. The van der Waals surface area contributed by atoms with Crippen molar-refractivity contribution in [2.75, 3.05) is 33.2 Å². The highest BCUT2D eigenvalue weighted by Crippen LogP contribution is 2.15. The average Bonchev–Trinajstić information content (AvgIpc) is 3.18. The summed E-state index contributed by atoms with van der Waals surface area (Å²) in [6, 6.07) is 11.2. The van der Waals surface area contributed by atoms with E-state index < -0.39 is 0 Å². The summed E-state index contributed by atoms with van der Waals surface area (Å²) in [5.74, 6) is 1.13. The first-order valence-corrected chi connectivity index (χ1v) is 8.58. The summed E-state index contributed by atoms with van der Waals surface area (Å²) in [4.78, 5) is 20.6. The van der Waals surface area contributed by atoms with E-state index >= 15 is 0 Å². The van der Waals surface area contributed by atoms with Crippen LogP contribution in [-0.4, -0.2) is 54.9 Å². The summed E-state index contributed by atoms with van der Waals surface area (Å²) in [6.45, 7) is 3.31. The van der Waals surface area contributed by atoms with Gasteiger partial charge in [0.2, 0.25) is 0 Å². The van der Waals surface area contributed by atoms with Crippen molar-refractivity contribution < 1.29 is 9.21 Å². The number of nitrogens with zero attached hydrogens (tertiary/aromatic N) is 3. The molecule has 0 saturated carbocycles. The highest BCUT2D eigenvalue weighted by molar-refractivity contribution is 6.31. The summed E-state index contributed by atoms with van der Waals surface area (Å²) in [7, 11) is 1.76. The lowest BCUT2D eigenvalue weighted by atomic mass is 10.2. The fourth-order valence-electron chi connectivity index (χ4n) is 2.83. The Morgan fingerprint density at radius 2 is 1.88 bits per heavy atom. The topological polar surface area (TPSA) is 61.1 Å². The molecule has 3 rings (SSSR count). The normalized spacial score (nSPS) is 15.4. The zero-order valence-corrected chi connectivity index (χ0v) is 14.9. The van der Waals surface area contributed by atoms with Crippen molar-refractivity contribution >= 4 is 23.5 Å². The van der Waals surface area contributed by atoms with Gasteiger partial charge in [-0.05, 0) is 23.8 Å². The van der Waals surface area contributed by atoms with Gasteiger partial charge in [0.1, 0.15) is 0 Å². The summed E-state index contributed by atoms with van der Waals surface area (Å²) in [5, 5.41) is 4.07. The molecular formula is C18H21ClN4O2. The maximum Gasteiger partial charge on any atom is 0.289 e. The molecule has 0 unspecified atom stereocenters. The minimum Gasteiger partial charge on any atom is -0.459 e. The molecule has 6 nitrogen and oxygen atoms in total. The van der Waals surface area contributed by atoms with Crippen LogP contribution in [0.1, 0.15) is 16.1 Å². The van der Waals surface area contributed by atoms with Gasteiger partial charge in [0.05, 0.1) is 6.26 Å². The Labute approximate surface area is 152 Å². The van der Waals surface area contributed by atoms with Gasteiger partial charge in [0, 0.05) is 44.8 Å². The fraction of sp³-hybridized carbons (Fsp3) is 0.333. The number of guanidine groups is 1. The Kier molecular flexibility index (Phi) is 5.60. The van der Waals surface area contributed by atoms with Crippen LogP contribution in [0.3, 0.4) is 0 Å². The second kappa shape index (κ2) is 8.07. The van der Waals surface area contributed by atoms with E-state index in [0.717, 1.165) is 16.5 Å². The minimum atomic E-state index is -0.0661. The van der Waals surface area contributed by atoms with Crippen molar-refractivity contribution in [2.24, 2.45) is 4.99 Å². The SMILES string of the molecule is CN=C(NCc1ccccc1Cl)N1CCN(C(=O)c2ccco2)CC1. The Hall–Kier alpha value is -2.47. The number of carbonyl (C=O) groups excluding carboxylic acids is 1. The van der Waals surface area contributed by atoms with E-state index in [1.54, 1.807) is 24.1 Å². The Morgan fingerprint density at radius 1 is 1.16 bits per heavy atom. The quantitative estimate of drug-likeness (QED) is 0.674. The van der Waals surface area contributed by atoms with Gasteiger partial charge in [0.15, 0.2) is 11.7 Å². The molecule has 7 heteroatoms. The van der Waals surface area contributed by atoms with E-state index in [9.17, 15) is 4.79 Å². The first-order chi connectivity index (χ1) is 12.2. The highest BCUT2D eigenvalue weighted by atomic mass is 35.5. The molecule has 1 N–H and O–H groups in total. The number of amides is 1. The largest absolute Gasteiger partial charge is 0.459 e. The molecular weight excluding hydrogens is 340 g/mol. The third kappa shape index (κ3) is 4.14. The van der Waals surface area contributed by atoms with Crippen LogP contribution in [0.5, 0.6) is 0 Å². The van der Waals surface area contributed by atoms with E-state index in [4.69, 9.17) is 16.0 Å². The first-order valence-electron chi connectivity index (χ1n) is 8.21. The van der Waals surface area contributed by atoms with Gasteiger partial charge in [-0.15, -0.1) is 0 Å².